The van der Waals surface area contributed by atoms with Crippen molar-refractivity contribution in [1.29, 1.82) is 0 Å². The van der Waals surface area contributed by atoms with E-state index in [4.69, 9.17) is 11.6 Å². The van der Waals surface area contributed by atoms with E-state index in [-0.39, 0.29) is 4.90 Å². The first-order valence-electron chi connectivity index (χ1n) is 4.29. The van der Waals surface area contributed by atoms with E-state index in [1.165, 1.54) is 16.8 Å². The molecule has 17 heavy (non-hydrogen) atoms. The molecular formula is C9H5ClF2N2OS2. The normalized spacial score (nSPS) is 12.4. The first-order chi connectivity index (χ1) is 8.09. The van der Waals surface area contributed by atoms with Gasteiger partial charge in [-0.1, -0.05) is 11.6 Å². The zero-order valence-corrected chi connectivity index (χ0v) is 10.5. The van der Waals surface area contributed by atoms with Crippen LogP contribution in [0.25, 0.3) is 0 Å². The van der Waals surface area contributed by atoms with Gasteiger partial charge in [-0.2, -0.15) is 0 Å². The predicted octanol–water partition coefficient (Wildman–Crippen LogP) is 3.21. The van der Waals surface area contributed by atoms with Crippen molar-refractivity contribution in [2.24, 2.45) is 0 Å². The lowest BCUT2D eigenvalue weighted by Crippen LogP contribution is -2.07. The number of hydrogen-bond donors (Lipinski definition) is 1. The largest absolute Gasteiger partial charge is 0.285 e. The van der Waals surface area contributed by atoms with E-state index in [9.17, 15) is 13.0 Å². The SMILES string of the molecule is O=S(Nc1cscn1)c1ccc(F)c(Cl)c1F. The molecule has 2 aromatic rings. The number of thiazole rings is 1. The summed E-state index contributed by atoms with van der Waals surface area (Å²) in [6.45, 7) is 0. The van der Waals surface area contributed by atoms with E-state index in [0.29, 0.717) is 5.82 Å². The maximum atomic E-state index is 13.5. The third-order valence-corrected chi connectivity index (χ3v) is 3.87. The van der Waals surface area contributed by atoms with Crippen LogP contribution in [0, 0.1) is 11.6 Å². The number of benzene rings is 1. The summed E-state index contributed by atoms with van der Waals surface area (Å²) in [6.07, 6.45) is 0. The smallest absolute Gasteiger partial charge is 0.162 e. The van der Waals surface area contributed by atoms with Crippen molar-refractivity contribution in [3.8, 4) is 0 Å². The summed E-state index contributed by atoms with van der Waals surface area (Å²) < 4.78 is 40.6. The van der Waals surface area contributed by atoms with Crippen molar-refractivity contribution in [2.45, 2.75) is 4.90 Å². The monoisotopic (exact) mass is 294 g/mol. The summed E-state index contributed by atoms with van der Waals surface area (Å²) >= 11 is 6.68. The topological polar surface area (TPSA) is 42.0 Å². The average Bonchev–Trinajstić information content (AvgIpc) is 2.78. The third kappa shape index (κ3) is 2.62. The van der Waals surface area contributed by atoms with Crippen LogP contribution in [-0.2, 0) is 11.0 Å². The van der Waals surface area contributed by atoms with E-state index in [1.807, 2.05) is 0 Å². The molecule has 0 aliphatic carbocycles. The number of anilines is 1. The summed E-state index contributed by atoms with van der Waals surface area (Å²) in [5.74, 6) is -1.57. The Morgan fingerprint density at radius 1 is 1.41 bits per heavy atom. The number of halogens is 3. The number of nitrogens with one attached hydrogen (secondary N) is 1. The Kier molecular flexibility index (Phi) is 3.70. The highest BCUT2D eigenvalue weighted by Gasteiger charge is 2.16. The van der Waals surface area contributed by atoms with E-state index in [2.05, 4.69) is 9.71 Å². The highest BCUT2D eigenvalue weighted by atomic mass is 35.5. The molecule has 0 spiro atoms. The van der Waals surface area contributed by atoms with Gasteiger partial charge in [0.1, 0.15) is 16.7 Å². The second-order valence-corrected chi connectivity index (χ2v) is 5.20. The fraction of sp³-hybridized carbons (Fsp3) is 0. The van der Waals surface area contributed by atoms with Crippen molar-refractivity contribution in [3.63, 3.8) is 0 Å². The van der Waals surface area contributed by atoms with Gasteiger partial charge in [-0.15, -0.1) is 11.3 Å². The molecule has 1 aromatic heterocycles. The lowest BCUT2D eigenvalue weighted by Gasteiger charge is -2.05. The van der Waals surface area contributed by atoms with Gasteiger partial charge in [-0.25, -0.2) is 18.0 Å². The average molecular weight is 295 g/mol. The molecule has 1 heterocycles. The van der Waals surface area contributed by atoms with Crippen LogP contribution >= 0.6 is 22.9 Å². The number of rotatable bonds is 3. The molecule has 2 rings (SSSR count). The molecule has 8 heteroatoms. The minimum atomic E-state index is -1.87. The van der Waals surface area contributed by atoms with Crippen LogP contribution < -0.4 is 4.72 Å². The molecule has 0 aliphatic rings. The Morgan fingerprint density at radius 2 is 2.18 bits per heavy atom. The molecule has 1 unspecified atom stereocenters. The van der Waals surface area contributed by atoms with E-state index < -0.39 is 27.6 Å². The Labute approximate surface area is 107 Å². The molecule has 90 valence electrons. The van der Waals surface area contributed by atoms with Gasteiger partial charge in [0.05, 0.1) is 10.4 Å². The van der Waals surface area contributed by atoms with E-state index in [0.717, 1.165) is 12.1 Å². The standard InChI is InChI=1S/C9H5ClF2N2OS2/c10-8-5(11)1-2-6(9(8)12)17(15)14-7-3-16-4-13-7/h1-4,14H. The van der Waals surface area contributed by atoms with Gasteiger partial charge in [-0.3, -0.25) is 4.72 Å². The maximum Gasteiger partial charge on any atom is 0.162 e. The minimum absolute atomic E-state index is 0.218. The Morgan fingerprint density at radius 3 is 2.82 bits per heavy atom. The summed E-state index contributed by atoms with van der Waals surface area (Å²) in [5, 5.41) is 0.942. The molecule has 0 fully saturated rings. The summed E-state index contributed by atoms with van der Waals surface area (Å²) in [4.78, 5) is 3.62. The van der Waals surface area contributed by atoms with Crippen LogP contribution in [0.5, 0.6) is 0 Å². The van der Waals surface area contributed by atoms with Crippen molar-refractivity contribution in [1.82, 2.24) is 4.98 Å². The highest BCUT2D eigenvalue weighted by Crippen LogP contribution is 2.24. The Hall–Kier alpha value is -1.05. The summed E-state index contributed by atoms with van der Waals surface area (Å²) in [7, 11) is -1.87. The fourth-order valence-corrected chi connectivity index (χ4v) is 2.71. The van der Waals surface area contributed by atoms with Crippen LogP contribution in [0.1, 0.15) is 0 Å². The Balaban J connectivity index is 2.29. The second-order valence-electron chi connectivity index (χ2n) is 2.92. The van der Waals surface area contributed by atoms with Gasteiger partial charge in [0, 0.05) is 5.38 Å². The molecule has 0 amide bonds. The van der Waals surface area contributed by atoms with Crippen molar-refractivity contribution in [3.05, 3.63) is 39.7 Å². The molecule has 1 N–H and O–H groups in total. The lowest BCUT2D eigenvalue weighted by molar-refractivity contribution is 0.563. The zero-order chi connectivity index (χ0) is 12.4. The molecule has 0 bridgehead atoms. The first-order valence-corrected chi connectivity index (χ1v) is 6.77. The van der Waals surface area contributed by atoms with Crippen molar-refractivity contribution in [2.75, 3.05) is 4.72 Å². The quantitative estimate of drug-likeness (QED) is 0.883. The third-order valence-electron chi connectivity index (χ3n) is 1.83. The minimum Gasteiger partial charge on any atom is -0.285 e. The molecular weight excluding hydrogens is 290 g/mol. The Bertz CT molecular complexity index is 562. The van der Waals surface area contributed by atoms with Gasteiger partial charge in [-0.05, 0) is 12.1 Å². The number of aromatic nitrogens is 1. The fourth-order valence-electron chi connectivity index (χ4n) is 1.06. The van der Waals surface area contributed by atoms with Crippen LogP contribution in [0.2, 0.25) is 5.02 Å². The molecule has 0 saturated carbocycles. The zero-order valence-electron chi connectivity index (χ0n) is 8.12. The van der Waals surface area contributed by atoms with Gasteiger partial charge in [0.25, 0.3) is 0 Å². The number of hydrogen-bond acceptors (Lipinski definition) is 3. The molecule has 0 saturated heterocycles. The highest BCUT2D eigenvalue weighted by molar-refractivity contribution is 7.86. The lowest BCUT2D eigenvalue weighted by atomic mass is 10.3. The van der Waals surface area contributed by atoms with Crippen molar-refractivity contribution < 1.29 is 13.0 Å². The van der Waals surface area contributed by atoms with Crippen LogP contribution in [-0.4, -0.2) is 9.19 Å². The molecule has 0 radical (unpaired) electrons. The summed E-state index contributed by atoms with van der Waals surface area (Å²) in [6, 6.07) is 2.04. The van der Waals surface area contributed by atoms with Gasteiger partial charge < -0.3 is 0 Å². The van der Waals surface area contributed by atoms with Gasteiger partial charge in [0.15, 0.2) is 16.8 Å². The molecule has 3 nitrogen and oxygen atoms in total. The first kappa shape index (κ1) is 12.4. The van der Waals surface area contributed by atoms with Crippen LogP contribution in [0.15, 0.2) is 27.9 Å². The van der Waals surface area contributed by atoms with Crippen LogP contribution in [0.3, 0.4) is 0 Å². The van der Waals surface area contributed by atoms with E-state index >= 15 is 0 Å². The number of nitrogens with zero attached hydrogens (tertiary/aromatic N) is 1. The summed E-state index contributed by atoms with van der Waals surface area (Å²) in [5.41, 5.74) is 1.54. The van der Waals surface area contributed by atoms with Gasteiger partial charge >= 0.3 is 0 Å². The predicted molar refractivity (Wildman–Crippen MR) is 63.5 cm³/mol. The maximum absolute atomic E-state index is 13.5. The van der Waals surface area contributed by atoms with Crippen LogP contribution in [0.4, 0.5) is 14.6 Å². The van der Waals surface area contributed by atoms with Crippen molar-refractivity contribution >= 4 is 39.7 Å². The van der Waals surface area contributed by atoms with E-state index in [1.54, 1.807) is 5.38 Å². The second kappa shape index (κ2) is 5.07. The molecule has 1 atom stereocenters. The molecule has 0 aliphatic heterocycles. The van der Waals surface area contributed by atoms with Gasteiger partial charge in [0.2, 0.25) is 0 Å². The molecule has 1 aromatic carbocycles.